The van der Waals surface area contributed by atoms with Crippen LogP contribution in [-0.2, 0) is 6.54 Å². The Morgan fingerprint density at radius 3 is 2.54 bits per heavy atom. The Morgan fingerprint density at radius 1 is 1.04 bits per heavy atom. The normalized spacial score (nSPS) is 14.6. The van der Waals surface area contributed by atoms with Gasteiger partial charge in [-0.1, -0.05) is 12.1 Å². The van der Waals surface area contributed by atoms with Crippen LogP contribution in [0.25, 0.3) is 11.0 Å². The number of benzene rings is 2. The summed E-state index contributed by atoms with van der Waals surface area (Å²) in [6.45, 7) is 2.86. The molecule has 2 aromatic carbocycles. The predicted octanol–water partition coefficient (Wildman–Crippen LogP) is 3.22. The van der Waals surface area contributed by atoms with Gasteiger partial charge in [0.05, 0.1) is 0 Å². The summed E-state index contributed by atoms with van der Waals surface area (Å²) >= 11 is 0. The Hall–Kier alpha value is -2.89. The molecule has 1 aromatic heterocycles. The van der Waals surface area contributed by atoms with Crippen LogP contribution in [0.15, 0.2) is 42.5 Å². The van der Waals surface area contributed by atoms with E-state index in [1.165, 1.54) is 24.9 Å². The first-order valence-electron chi connectivity index (χ1n) is 9.10. The molecule has 2 heterocycles. The summed E-state index contributed by atoms with van der Waals surface area (Å²) in [5.74, 6) is -0.0185. The van der Waals surface area contributed by atoms with Crippen molar-refractivity contribution >= 4 is 22.6 Å². The number of hydrogen-bond donors (Lipinski definition) is 1. The number of anilines is 1. The summed E-state index contributed by atoms with van der Waals surface area (Å²) in [7, 11) is 1.83. The number of carbonyl (C=O) groups is 1. The highest BCUT2D eigenvalue weighted by Gasteiger charge is 2.14. The van der Waals surface area contributed by atoms with Gasteiger partial charge < -0.3 is 9.80 Å². The van der Waals surface area contributed by atoms with Crippen molar-refractivity contribution < 1.29 is 4.79 Å². The van der Waals surface area contributed by atoms with Crippen LogP contribution in [0.1, 0.15) is 35.2 Å². The third-order valence-electron chi connectivity index (χ3n) is 4.99. The first kappa shape index (κ1) is 16.6. The molecule has 6 heteroatoms. The molecule has 0 radical (unpaired) electrons. The molecule has 1 N–H and O–H groups in total. The number of aromatic nitrogens is 3. The maximum Gasteiger partial charge on any atom is 0.253 e. The second-order valence-electron chi connectivity index (χ2n) is 6.90. The SMILES string of the molecule is CN(Cc1ccc(N2CCCCC2)cc1)C(=O)c1ccc2n[nH]nc2c1. The smallest absolute Gasteiger partial charge is 0.253 e. The second kappa shape index (κ2) is 7.15. The van der Waals surface area contributed by atoms with Gasteiger partial charge in [0, 0.05) is 37.9 Å². The number of H-pyrrole nitrogens is 1. The van der Waals surface area contributed by atoms with E-state index in [-0.39, 0.29) is 5.91 Å². The third-order valence-corrected chi connectivity index (χ3v) is 4.99. The molecule has 0 atom stereocenters. The highest BCUT2D eigenvalue weighted by Crippen LogP contribution is 2.21. The molecule has 1 aliphatic rings. The maximum atomic E-state index is 12.7. The number of amides is 1. The summed E-state index contributed by atoms with van der Waals surface area (Å²) in [4.78, 5) is 16.9. The largest absolute Gasteiger partial charge is 0.372 e. The van der Waals surface area contributed by atoms with Crippen molar-refractivity contribution in [1.82, 2.24) is 20.3 Å². The van der Waals surface area contributed by atoms with Crippen molar-refractivity contribution in [2.75, 3.05) is 25.0 Å². The summed E-state index contributed by atoms with van der Waals surface area (Å²) in [6.07, 6.45) is 3.88. The highest BCUT2D eigenvalue weighted by atomic mass is 16.2. The third kappa shape index (κ3) is 3.40. The second-order valence-corrected chi connectivity index (χ2v) is 6.90. The molecular formula is C20H23N5O. The first-order chi connectivity index (χ1) is 12.7. The van der Waals surface area contributed by atoms with E-state index >= 15 is 0 Å². The lowest BCUT2D eigenvalue weighted by atomic mass is 10.1. The fraction of sp³-hybridized carbons (Fsp3) is 0.350. The van der Waals surface area contributed by atoms with Gasteiger partial charge in [-0.05, 0) is 55.2 Å². The van der Waals surface area contributed by atoms with Gasteiger partial charge in [0.2, 0.25) is 0 Å². The first-order valence-corrected chi connectivity index (χ1v) is 9.10. The lowest BCUT2D eigenvalue weighted by Crippen LogP contribution is -2.29. The van der Waals surface area contributed by atoms with Crippen molar-refractivity contribution in [3.8, 4) is 0 Å². The fourth-order valence-corrected chi connectivity index (χ4v) is 3.50. The Balaban J connectivity index is 1.43. The minimum absolute atomic E-state index is 0.0185. The lowest BCUT2D eigenvalue weighted by Gasteiger charge is -2.29. The number of rotatable bonds is 4. The van der Waals surface area contributed by atoms with E-state index in [0.717, 1.165) is 24.2 Å². The molecule has 0 saturated carbocycles. The van der Waals surface area contributed by atoms with E-state index in [0.29, 0.717) is 17.6 Å². The van der Waals surface area contributed by atoms with Crippen molar-refractivity contribution in [2.24, 2.45) is 0 Å². The number of nitrogens with zero attached hydrogens (tertiary/aromatic N) is 4. The van der Waals surface area contributed by atoms with Gasteiger partial charge in [-0.3, -0.25) is 4.79 Å². The van der Waals surface area contributed by atoms with E-state index in [1.54, 1.807) is 17.0 Å². The van der Waals surface area contributed by atoms with E-state index < -0.39 is 0 Å². The van der Waals surface area contributed by atoms with E-state index in [1.807, 2.05) is 13.1 Å². The number of fused-ring (bicyclic) bond motifs is 1. The van der Waals surface area contributed by atoms with Crippen molar-refractivity contribution in [3.05, 3.63) is 53.6 Å². The molecule has 6 nitrogen and oxygen atoms in total. The van der Waals surface area contributed by atoms with E-state index in [2.05, 4.69) is 44.6 Å². The minimum atomic E-state index is -0.0185. The summed E-state index contributed by atoms with van der Waals surface area (Å²) in [5, 5.41) is 10.6. The Labute approximate surface area is 152 Å². The van der Waals surface area contributed by atoms with Crippen molar-refractivity contribution in [2.45, 2.75) is 25.8 Å². The summed E-state index contributed by atoms with van der Waals surface area (Å²) in [6, 6.07) is 14.0. The van der Waals surface area contributed by atoms with Crippen molar-refractivity contribution in [1.29, 1.82) is 0 Å². The van der Waals surface area contributed by atoms with E-state index in [9.17, 15) is 4.79 Å². The highest BCUT2D eigenvalue weighted by molar-refractivity contribution is 5.97. The summed E-state index contributed by atoms with van der Waals surface area (Å²) < 4.78 is 0. The van der Waals surface area contributed by atoms with Gasteiger partial charge in [0.25, 0.3) is 5.91 Å². The molecule has 0 aliphatic carbocycles. The number of piperidine rings is 1. The summed E-state index contributed by atoms with van der Waals surface area (Å²) in [5.41, 5.74) is 4.49. The molecule has 1 saturated heterocycles. The molecule has 1 amide bonds. The van der Waals surface area contributed by atoms with Crippen LogP contribution < -0.4 is 4.90 Å². The topological polar surface area (TPSA) is 65.1 Å². The molecule has 26 heavy (non-hydrogen) atoms. The van der Waals surface area contributed by atoms with Crippen LogP contribution in [0.5, 0.6) is 0 Å². The predicted molar refractivity (Wildman–Crippen MR) is 102 cm³/mol. The van der Waals surface area contributed by atoms with Crippen LogP contribution in [0.2, 0.25) is 0 Å². The fourth-order valence-electron chi connectivity index (χ4n) is 3.50. The molecule has 134 valence electrons. The van der Waals surface area contributed by atoms with Gasteiger partial charge in [0.15, 0.2) is 0 Å². The van der Waals surface area contributed by atoms with Crippen LogP contribution in [-0.4, -0.2) is 46.4 Å². The van der Waals surface area contributed by atoms with Gasteiger partial charge in [0.1, 0.15) is 11.0 Å². The lowest BCUT2D eigenvalue weighted by molar-refractivity contribution is 0.0785. The number of hydrogen-bond acceptors (Lipinski definition) is 4. The van der Waals surface area contributed by atoms with Gasteiger partial charge >= 0.3 is 0 Å². The number of carbonyl (C=O) groups excluding carboxylic acids is 1. The average molecular weight is 349 g/mol. The molecule has 3 aromatic rings. The zero-order valence-electron chi connectivity index (χ0n) is 15.0. The average Bonchev–Trinajstić information content (AvgIpc) is 3.16. The standard InChI is InChI=1S/C20H23N5O/c1-24(20(26)16-7-10-18-19(13-16)22-23-21-18)14-15-5-8-17(9-6-15)25-11-3-2-4-12-25/h5-10,13H,2-4,11-12,14H2,1H3,(H,21,22,23). The zero-order chi connectivity index (χ0) is 17.9. The molecule has 0 bridgehead atoms. The Kier molecular flexibility index (Phi) is 4.56. The molecule has 0 unspecified atom stereocenters. The molecule has 4 rings (SSSR count). The Morgan fingerprint density at radius 2 is 1.77 bits per heavy atom. The van der Waals surface area contributed by atoms with Crippen LogP contribution in [0.4, 0.5) is 5.69 Å². The molecule has 0 spiro atoms. The van der Waals surface area contributed by atoms with Gasteiger partial charge in [-0.2, -0.15) is 15.4 Å². The number of nitrogens with one attached hydrogen (secondary N) is 1. The quantitative estimate of drug-likeness (QED) is 0.785. The molecule has 1 aliphatic heterocycles. The minimum Gasteiger partial charge on any atom is -0.372 e. The van der Waals surface area contributed by atoms with Crippen LogP contribution in [0.3, 0.4) is 0 Å². The monoisotopic (exact) mass is 349 g/mol. The Bertz CT molecular complexity index is 896. The van der Waals surface area contributed by atoms with Gasteiger partial charge in [-0.25, -0.2) is 0 Å². The maximum absolute atomic E-state index is 12.7. The number of aromatic amines is 1. The molecular weight excluding hydrogens is 326 g/mol. The zero-order valence-corrected chi connectivity index (χ0v) is 15.0. The van der Waals surface area contributed by atoms with Crippen LogP contribution >= 0.6 is 0 Å². The van der Waals surface area contributed by atoms with E-state index in [4.69, 9.17) is 0 Å². The molecule has 1 fully saturated rings. The van der Waals surface area contributed by atoms with Crippen LogP contribution in [0, 0.1) is 0 Å². The van der Waals surface area contributed by atoms with Crippen molar-refractivity contribution in [3.63, 3.8) is 0 Å². The van der Waals surface area contributed by atoms with Gasteiger partial charge in [-0.15, -0.1) is 0 Å².